The van der Waals surface area contributed by atoms with Crippen molar-refractivity contribution in [3.8, 4) is 11.6 Å². The van der Waals surface area contributed by atoms with Gasteiger partial charge in [0, 0.05) is 36.8 Å². The number of carbonyl (C=O) groups is 1. The quantitative estimate of drug-likeness (QED) is 0.752. The van der Waals surface area contributed by atoms with E-state index in [0.717, 1.165) is 30.6 Å². The molecule has 4 rings (SSSR count). The molecule has 0 spiro atoms. The summed E-state index contributed by atoms with van der Waals surface area (Å²) in [5.41, 5.74) is 1.70. The molecule has 6 nitrogen and oxygen atoms in total. The van der Waals surface area contributed by atoms with Crippen molar-refractivity contribution in [2.45, 2.75) is 38.0 Å². The summed E-state index contributed by atoms with van der Waals surface area (Å²) in [5.74, 6) is 1.31. The Hall–Kier alpha value is -2.60. The van der Waals surface area contributed by atoms with Crippen LogP contribution in [0, 0.1) is 0 Å². The number of pyridine rings is 1. The third-order valence-electron chi connectivity index (χ3n) is 4.92. The van der Waals surface area contributed by atoms with E-state index in [9.17, 15) is 4.79 Å². The number of ether oxygens (including phenoxy) is 3. The van der Waals surface area contributed by atoms with Crippen molar-refractivity contribution in [2.75, 3.05) is 20.3 Å². The maximum atomic E-state index is 13.1. The van der Waals surface area contributed by atoms with Crippen molar-refractivity contribution in [3.63, 3.8) is 0 Å². The fourth-order valence-corrected chi connectivity index (χ4v) is 3.23. The second-order valence-corrected chi connectivity index (χ2v) is 7.00. The van der Waals surface area contributed by atoms with Crippen LogP contribution in [0.3, 0.4) is 0 Å². The Bertz CT molecular complexity index is 783. The normalized spacial score (nSPS) is 18.9. The van der Waals surface area contributed by atoms with Crippen LogP contribution in [-0.2, 0) is 11.3 Å². The Morgan fingerprint density at radius 2 is 2.04 bits per heavy atom. The molecule has 2 aliphatic rings. The first kappa shape index (κ1) is 17.8. The van der Waals surface area contributed by atoms with Crippen molar-refractivity contribution >= 4 is 5.91 Å². The van der Waals surface area contributed by atoms with Crippen LogP contribution in [0.15, 0.2) is 42.6 Å². The molecule has 2 heterocycles. The van der Waals surface area contributed by atoms with Crippen molar-refractivity contribution in [2.24, 2.45) is 0 Å². The SMILES string of the molecule is COc1ccc(CN(C(=O)c2ccnc(OC3CCOC3)c2)C2CC2)cc1. The first-order valence-electron chi connectivity index (χ1n) is 9.37. The standard InChI is InChI=1S/C21H24N2O4/c1-25-18-6-2-15(3-7-18)13-23(17-4-5-17)21(24)16-8-10-22-20(12-16)27-19-9-11-26-14-19/h2-3,6-8,10,12,17,19H,4-5,9,11,13-14H2,1H3. The van der Waals surface area contributed by atoms with Crippen LogP contribution in [-0.4, -0.2) is 48.3 Å². The minimum atomic E-state index is 0.0155. The van der Waals surface area contributed by atoms with Crippen LogP contribution >= 0.6 is 0 Å². The smallest absolute Gasteiger partial charge is 0.254 e. The van der Waals surface area contributed by atoms with E-state index in [2.05, 4.69) is 4.98 Å². The van der Waals surface area contributed by atoms with Gasteiger partial charge in [0.25, 0.3) is 5.91 Å². The van der Waals surface area contributed by atoms with E-state index in [4.69, 9.17) is 14.2 Å². The third-order valence-corrected chi connectivity index (χ3v) is 4.92. The predicted molar refractivity (Wildman–Crippen MR) is 100.0 cm³/mol. The molecule has 6 heteroatoms. The number of carbonyl (C=O) groups excluding carboxylic acids is 1. The number of hydrogen-bond donors (Lipinski definition) is 0. The summed E-state index contributed by atoms with van der Waals surface area (Å²) in [5, 5.41) is 0. The molecule has 0 N–H and O–H groups in total. The van der Waals surface area contributed by atoms with Gasteiger partial charge in [-0.25, -0.2) is 4.98 Å². The van der Waals surface area contributed by atoms with Crippen molar-refractivity contribution in [1.29, 1.82) is 0 Å². The van der Waals surface area contributed by atoms with Crippen molar-refractivity contribution < 1.29 is 19.0 Å². The number of rotatable bonds is 7. The molecule has 2 fully saturated rings. The molecular formula is C21H24N2O4. The van der Waals surface area contributed by atoms with Gasteiger partial charge in [0.1, 0.15) is 11.9 Å². The molecule has 1 aliphatic carbocycles. The molecule has 1 saturated heterocycles. The molecule has 1 saturated carbocycles. The van der Waals surface area contributed by atoms with Crippen LogP contribution in [0.2, 0.25) is 0 Å². The lowest BCUT2D eigenvalue weighted by Gasteiger charge is -2.23. The van der Waals surface area contributed by atoms with E-state index in [0.29, 0.717) is 37.2 Å². The van der Waals surface area contributed by atoms with Gasteiger partial charge in [-0.15, -0.1) is 0 Å². The fraction of sp³-hybridized carbons (Fsp3) is 0.429. The highest BCUT2D eigenvalue weighted by Gasteiger charge is 2.33. The van der Waals surface area contributed by atoms with Gasteiger partial charge >= 0.3 is 0 Å². The first-order valence-corrected chi connectivity index (χ1v) is 9.37. The molecule has 142 valence electrons. The molecule has 1 aromatic carbocycles. The Kier molecular flexibility index (Phi) is 5.25. The lowest BCUT2D eigenvalue weighted by atomic mass is 10.1. The van der Waals surface area contributed by atoms with E-state index >= 15 is 0 Å². The fourth-order valence-electron chi connectivity index (χ4n) is 3.23. The number of benzene rings is 1. The molecule has 1 amide bonds. The summed E-state index contributed by atoms with van der Waals surface area (Å²) in [6.45, 7) is 1.87. The zero-order valence-electron chi connectivity index (χ0n) is 15.5. The molecule has 1 aliphatic heterocycles. The largest absolute Gasteiger partial charge is 0.497 e. The monoisotopic (exact) mass is 368 g/mol. The molecule has 1 unspecified atom stereocenters. The highest BCUT2D eigenvalue weighted by atomic mass is 16.5. The Balaban J connectivity index is 1.48. The highest BCUT2D eigenvalue weighted by Crippen LogP contribution is 2.30. The van der Waals surface area contributed by atoms with E-state index in [1.54, 1.807) is 25.4 Å². The molecule has 0 radical (unpaired) electrons. The Labute approximate surface area is 159 Å². The van der Waals surface area contributed by atoms with Crippen molar-refractivity contribution in [3.05, 3.63) is 53.7 Å². The van der Waals surface area contributed by atoms with Gasteiger partial charge in [0.15, 0.2) is 0 Å². The predicted octanol–water partition coefficient (Wildman–Crippen LogP) is 3.06. The molecule has 0 bridgehead atoms. The van der Waals surface area contributed by atoms with Gasteiger partial charge < -0.3 is 19.1 Å². The minimum Gasteiger partial charge on any atom is -0.497 e. The average molecular weight is 368 g/mol. The van der Waals surface area contributed by atoms with Crippen LogP contribution in [0.1, 0.15) is 35.2 Å². The zero-order valence-corrected chi connectivity index (χ0v) is 15.5. The van der Waals surface area contributed by atoms with Gasteiger partial charge in [-0.2, -0.15) is 0 Å². The van der Waals surface area contributed by atoms with Crippen LogP contribution < -0.4 is 9.47 Å². The van der Waals surface area contributed by atoms with E-state index in [1.807, 2.05) is 29.2 Å². The molecule has 2 aromatic rings. The summed E-state index contributed by atoms with van der Waals surface area (Å²) in [4.78, 5) is 19.3. The highest BCUT2D eigenvalue weighted by molar-refractivity contribution is 5.94. The number of hydrogen-bond acceptors (Lipinski definition) is 5. The number of methoxy groups -OCH3 is 1. The number of aromatic nitrogens is 1. The van der Waals surface area contributed by atoms with Gasteiger partial charge in [-0.3, -0.25) is 4.79 Å². The van der Waals surface area contributed by atoms with Gasteiger partial charge in [-0.05, 0) is 36.6 Å². The lowest BCUT2D eigenvalue weighted by Crippen LogP contribution is -2.32. The van der Waals surface area contributed by atoms with E-state index in [1.165, 1.54) is 0 Å². The number of nitrogens with zero attached hydrogens (tertiary/aromatic N) is 2. The van der Waals surface area contributed by atoms with E-state index in [-0.39, 0.29) is 12.0 Å². The number of amides is 1. The Morgan fingerprint density at radius 3 is 2.70 bits per heavy atom. The molecule has 1 atom stereocenters. The van der Waals surface area contributed by atoms with Gasteiger partial charge in [0.2, 0.25) is 5.88 Å². The zero-order chi connectivity index (χ0) is 18.6. The van der Waals surface area contributed by atoms with Crippen LogP contribution in [0.4, 0.5) is 0 Å². The summed E-state index contributed by atoms with van der Waals surface area (Å²) in [6, 6.07) is 11.7. The maximum Gasteiger partial charge on any atom is 0.254 e. The second kappa shape index (κ2) is 7.96. The molecule has 1 aromatic heterocycles. The van der Waals surface area contributed by atoms with Crippen LogP contribution in [0.5, 0.6) is 11.6 Å². The lowest BCUT2D eigenvalue weighted by molar-refractivity contribution is 0.0728. The van der Waals surface area contributed by atoms with Gasteiger partial charge in [0.05, 0.1) is 20.3 Å². The van der Waals surface area contributed by atoms with Gasteiger partial charge in [-0.1, -0.05) is 12.1 Å². The summed E-state index contributed by atoms with van der Waals surface area (Å²) >= 11 is 0. The molecule has 27 heavy (non-hydrogen) atoms. The summed E-state index contributed by atoms with van der Waals surface area (Å²) in [6.07, 6.45) is 4.61. The average Bonchev–Trinajstić information content (AvgIpc) is 3.42. The second-order valence-electron chi connectivity index (χ2n) is 7.00. The maximum absolute atomic E-state index is 13.1. The first-order chi connectivity index (χ1) is 13.2. The van der Waals surface area contributed by atoms with Crippen LogP contribution in [0.25, 0.3) is 0 Å². The van der Waals surface area contributed by atoms with E-state index < -0.39 is 0 Å². The summed E-state index contributed by atoms with van der Waals surface area (Å²) < 4.78 is 16.4. The summed E-state index contributed by atoms with van der Waals surface area (Å²) in [7, 11) is 1.65. The molecular weight excluding hydrogens is 344 g/mol. The Morgan fingerprint density at radius 1 is 1.22 bits per heavy atom. The minimum absolute atomic E-state index is 0.0155. The third kappa shape index (κ3) is 4.39. The topological polar surface area (TPSA) is 60.9 Å². The van der Waals surface area contributed by atoms with Crippen molar-refractivity contribution in [1.82, 2.24) is 9.88 Å².